The second-order valence-corrected chi connectivity index (χ2v) is 5.80. The van der Waals surface area contributed by atoms with Crippen molar-refractivity contribution in [2.24, 2.45) is 0 Å². The molecule has 2 heterocycles. The van der Waals surface area contributed by atoms with Gasteiger partial charge in [-0.25, -0.2) is 0 Å². The highest BCUT2D eigenvalue weighted by molar-refractivity contribution is 7.87. The van der Waals surface area contributed by atoms with Crippen molar-refractivity contribution in [1.29, 1.82) is 0 Å². The molecule has 0 radical (unpaired) electrons. The summed E-state index contributed by atoms with van der Waals surface area (Å²) in [5.41, 5.74) is -7.63. The fourth-order valence-electron chi connectivity index (χ4n) is 1.58. The number of hydrogen-bond acceptors (Lipinski definition) is 5. The van der Waals surface area contributed by atoms with E-state index in [0.717, 1.165) is 30.5 Å². The van der Waals surface area contributed by atoms with Gasteiger partial charge in [0.05, 0.1) is 17.5 Å². The molecule has 24 heavy (non-hydrogen) atoms. The lowest BCUT2D eigenvalue weighted by molar-refractivity contribution is -0.137. The highest BCUT2D eigenvalue weighted by atomic mass is 32.2. The maximum atomic E-state index is 12.9. The van der Waals surface area contributed by atoms with Crippen molar-refractivity contribution >= 4 is 10.1 Å². The van der Waals surface area contributed by atoms with Gasteiger partial charge < -0.3 is 4.18 Å². The molecule has 0 aliphatic carbocycles. The van der Waals surface area contributed by atoms with Crippen LogP contribution in [0.4, 0.5) is 26.3 Å². The third kappa shape index (κ3) is 3.75. The quantitative estimate of drug-likeness (QED) is 0.469. The summed E-state index contributed by atoms with van der Waals surface area (Å²) in [5, 5.41) is 0. The predicted octanol–water partition coefficient (Wildman–Crippen LogP) is 3.39. The van der Waals surface area contributed by atoms with Gasteiger partial charge in [-0.15, -0.1) is 0 Å². The fourth-order valence-corrected chi connectivity index (χ4v) is 2.03. The van der Waals surface area contributed by atoms with E-state index in [2.05, 4.69) is 14.2 Å². The van der Waals surface area contributed by atoms with Crippen molar-refractivity contribution in [3.63, 3.8) is 0 Å². The minimum atomic E-state index is -5.90. The van der Waals surface area contributed by atoms with Crippen molar-refractivity contribution in [2.75, 3.05) is 0 Å². The third-order valence-corrected chi connectivity index (χ3v) is 3.56. The van der Waals surface area contributed by atoms with Gasteiger partial charge in [-0.2, -0.15) is 34.8 Å². The molecule has 2 aromatic rings. The van der Waals surface area contributed by atoms with Gasteiger partial charge in [-0.1, -0.05) is 0 Å². The van der Waals surface area contributed by atoms with Gasteiger partial charge in [0, 0.05) is 6.20 Å². The Balaban J connectivity index is 2.35. The Morgan fingerprint density at radius 3 is 2.12 bits per heavy atom. The zero-order valence-corrected chi connectivity index (χ0v) is 12.1. The Morgan fingerprint density at radius 2 is 1.62 bits per heavy atom. The van der Waals surface area contributed by atoms with Gasteiger partial charge in [0.25, 0.3) is 0 Å². The Morgan fingerprint density at radius 1 is 0.958 bits per heavy atom. The summed E-state index contributed by atoms with van der Waals surface area (Å²) < 4.78 is 101. The number of pyridine rings is 2. The maximum Gasteiger partial charge on any atom is 0.534 e. The Bertz CT molecular complexity index is 831. The molecule has 0 saturated carbocycles. The molecule has 0 aliphatic heterocycles. The van der Waals surface area contributed by atoms with Crippen LogP contribution in [0.1, 0.15) is 5.56 Å². The zero-order valence-electron chi connectivity index (χ0n) is 11.3. The normalized spacial score (nSPS) is 12.9. The summed E-state index contributed by atoms with van der Waals surface area (Å²) in [5.74, 6) is -0.805. The highest BCUT2D eigenvalue weighted by Crippen LogP contribution is 2.35. The summed E-state index contributed by atoms with van der Waals surface area (Å²) in [4.78, 5) is 7.01. The van der Waals surface area contributed by atoms with E-state index in [4.69, 9.17) is 0 Å². The molecule has 2 aromatic heterocycles. The molecule has 0 saturated heterocycles. The smallest absolute Gasteiger partial charge is 0.374 e. The summed E-state index contributed by atoms with van der Waals surface area (Å²) >= 11 is 0. The van der Waals surface area contributed by atoms with E-state index < -0.39 is 38.8 Å². The van der Waals surface area contributed by atoms with E-state index in [-0.39, 0.29) is 5.69 Å². The van der Waals surface area contributed by atoms with E-state index in [0.29, 0.717) is 6.20 Å². The average molecular weight is 372 g/mol. The van der Waals surface area contributed by atoms with Crippen LogP contribution in [0, 0.1) is 0 Å². The topological polar surface area (TPSA) is 69.2 Å². The second kappa shape index (κ2) is 5.92. The average Bonchev–Trinajstić information content (AvgIpc) is 2.45. The summed E-state index contributed by atoms with van der Waals surface area (Å²) in [6.07, 6.45) is -3.10. The van der Waals surface area contributed by atoms with E-state index in [1.165, 1.54) is 0 Å². The fraction of sp³-hybridized carbons (Fsp3) is 0.167. The third-order valence-electron chi connectivity index (χ3n) is 2.58. The number of alkyl halides is 6. The van der Waals surface area contributed by atoms with Crippen LogP contribution in [0.15, 0.2) is 36.7 Å². The van der Waals surface area contributed by atoms with Crippen LogP contribution in [0.25, 0.3) is 11.4 Å². The number of halogens is 6. The molecule has 0 aliphatic rings. The largest absolute Gasteiger partial charge is 0.534 e. The lowest BCUT2D eigenvalue weighted by Gasteiger charge is -2.12. The molecule has 0 N–H and O–H groups in total. The van der Waals surface area contributed by atoms with Crippen LogP contribution < -0.4 is 4.18 Å². The van der Waals surface area contributed by atoms with Gasteiger partial charge in [-0.05, 0) is 24.3 Å². The molecule has 0 aromatic carbocycles. The van der Waals surface area contributed by atoms with E-state index in [1.54, 1.807) is 0 Å². The van der Waals surface area contributed by atoms with Crippen LogP contribution in [-0.4, -0.2) is 23.9 Å². The van der Waals surface area contributed by atoms with E-state index >= 15 is 0 Å². The molecule has 0 amide bonds. The zero-order chi connectivity index (χ0) is 18.2. The van der Waals surface area contributed by atoms with Gasteiger partial charge in [0.15, 0.2) is 5.75 Å². The van der Waals surface area contributed by atoms with Gasteiger partial charge in [-0.3, -0.25) is 9.97 Å². The first-order valence-corrected chi connectivity index (χ1v) is 7.32. The van der Waals surface area contributed by atoms with E-state index in [9.17, 15) is 34.8 Å². The van der Waals surface area contributed by atoms with Crippen LogP contribution in [0.2, 0.25) is 0 Å². The number of rotatable bonds is 3. The van der Waals surface area contributed by atoms with Crippen LogP contribution >= 0.6 is 0 Å². The number of nitrogens with zero attached hydrogens (tertiary/aromatic N) is 2. The first-order chi connectivity index (χ1) is 10.9. The second-order valence-electron chi connectivity index (χ2n) is 4.26. The van der Waals surface area contributed by atoms with Crippen molar-refractivity contribution in [3.8, 4) is 17.1 Å². The maximum absolute atomic E-state index is 12.9. The van der Waals surface area contributed by atoms with E-state index in [1.807, 2.05) is 0 Å². The van der Waals surface area contributed by atoms with Crippen molar-refractivity contribution in [1.82, 2.24) is 9.97 Å². The molecule has 5 nitrogen and oxygen atoms in total. The minimum Gasteiger partial charge on any atom is -0.374 e. The van der Waals surface area contributed by atoms with Crippen molar-refractivity contribution in [3.05, 3.63) is 42.2 Å². The highest BCUT2D eigenvalue weighted by Gasteiger charge is 2.48. The molecule has 0 atom stereocenters. The Kier molecular flexibility index (Phi) is 4.44. The van der Waals surface area contributed by atoms with Crippen molar-refractivity contribution < 1.29 is 38.9 Å². The van der Waals surface area contributed by atoms with Crippen LogP contribution in [0.3, 0.4) is 0 Å². The molecular formula is C12H6F6N2O3S. The number of aromatic nitrogens is 2. The molecule has 130 valence electrons. The monoisotopic (exact) mass is 372 g/mol. The first-order valence-electron chi connectivity index (χ1n) is 5.91. The molecule has 0 spiro atoms. The summed E-state index contributed by atoms with van der Waals surface area (Å²) in [6, 6.07) is 3.40. The predicted molar refractivity (Wildman–Crippen MR) is 68.1 cm³/mol. The standard InChI is InChI=1S/C12H6F6N2O3S/c13-11(14,15)8-2-1-5-19-10(8)9-4-3-7(6-20-9)23-24(21,22)12(16,17)18/h1-6H. The minimum absolute atomic E-state index is 0.320. The first kappa shape index (κ1) is 18.0. The Hall–Kier alpha value is -2.37. The molecule has 0 bridgehead atoms. The lowest BCUT2D eigenvalue weighted by atomic mass is 10.1. The molecule has 0 fully saturated rings. The summed E-state index contributed by atoms with van der Waals surface area (Å²) in [7, 11) is -5.90. The van der Waals surface area contributed by atoms with Crippen molar-refractivity contribution in [2.45, 2.75) is 11.7 Å². The van der Waals surface area contributed by atoms with Gasteiger partial charge in [0.1, 0.15) is 5.69 Å². The lowest BCUT2D eigenvalue weighted by Crippen LogP contribution is -2.28. The Labute approximate surface area is 131 Å². The summed E-state index contributed by atoms with van der Waals surface area (Å²) in [6.45, 7) is 0. The van der Waals surface area contributed by atoms with Crippen LogP contribution in [-0.2, 0) is 16.3 Å². The molecular weight excluding hydrogens is 366 g/mol. The molecule has 2 rings (SSSR count). The molecule has 12 heteroatoms. The SMILES string of the molecule is O=S(=O)(Oc1ccc(-c2ncccc2C(F)(F)F)nc1)C(F)(F)F. The van der Waals surface area contributed by atoms with Gasteiger partial charge >= 0.3 is 21.8 Å². The molecule has 0 unspecified atom stereocenters. The number of hydrogen-bond donors (Lipinski definition) is 0. The van der Waals surface area contributed by atoms with Gasteiger partial charge in [0.2, 0.25) is 0 Å². The van der Waals surface area contributed by atoms with Crippen LogP contribution in [0.5, 0.6) is 5.75 Å².